The van der Waals surface area contributed by atoms with Crippen molar-refractivity contribution in [3.63, 3.8) is 0 Å². The number of methoxy groups -OCH3 is 6. The van der Waals surface area contributed by atoms with Crippen molar-refractivity contribution < 1.29 is 160 Å². The number of nitrogens with two attached hydrogens (primary N) is 6. The normalized spacial score (nSPS) is 31.5. The number of hydrogen-bond donors (Lipinski definition) is 14. The van der Waals surface area contributed by atoms with Crippen LogP contribution < -0.4 is 51.3 Å². The van der Waals surface area contributed by atoms with Crippen molar-refractivity contribution >= 4 is 119 Å². The van der Waals surface area contributed by atoms with Crippen LogP contribution in [0.3, 0.4) is 0 Å². The van der Waals surface area contributed by atoms with Crippen molar-refractivity contribution in [1.29, 1.82) is 0 Å². The maximum absolute atomic E-state index is 14.9. The van der Waals surface area contributed by atoms with Crippen LogP contribution in [0.1, 0.15) is 37.4 Å². The third-order valence-corrected chi connectivity index (χ3v) is 26.7. The predicted octanol–water partition coefficient (Wildman–Crippen LogP) is -4.02. The Balaban J connectivity index is 0.642. The van der Waals surface area contributed by atoms with E-state index in [0.29, 0.717) is 0 Å². The second kappa shape index (κ2) is 38.4. The molecule has 6 aliphatic rings. The Hall–Kier alpha value is -9.45. The van der Waals surface area contributed by atoms with Crippen LogP contribution in [0.15, 0.2) is 83.2 Å². The van der Waals surface area contributed by atoms with Crippen LogP contribution >= 0.6 is 39.1 Å². The molecule has 0 aliphatic carbocycles. The summed E-state index contributed by atoms with van der Waals surface area (Å²) in [5.41, 5.74) is 32.8. The van der Waals surface area contributed by atoms with Gasteiger partial charge >= 0.3 is 50.5 Å². The van der Waals surface area contributed by atoms with Crippen molar-refractivity contribution in [2.24, 2.45) is 0 Å². The summed E-state index contributed by atoms with van der Waals surface area (Å²) < 4.78 is 208. The maximum Gasteiger partial charge on any atom is 0.472 e. The fraction of sp³-hybridized carbons (Fsp3) is 0.562. The molecule has 10 aromatic rings. The predicted molar refractivity (Wildman–Crippen MR) is 432 cm³/mol. The van der Waals surface area contributed by atoms with E-state index in [0.717, 1.165) is 92.2 Å². The van der Waals surface area contributed by atoms with E-state index in [9.17, 15) is 71.9 Å². The summed E-state index contributed by atoms with van der Waals surface area (Å²) in [5, 5.41) is 22.0. The van der Waals surface area contributed by atoms with Gasteiger partial charge in [-0.3, -0.25) is 82.4 Å². The van der Waals surface area contributed by atoms with E-state index in [1.54, 1.807) is 0 Å². The number of hydrogen-bond acceptors (Lipinski definition) is 51. The highest BCUT2D eigenvalue weighted by atomic mass is 31.2. The summed E-state index contributed by atoms with van der Waals surface area (Å²) >= 11 is 0. The van der Waals surface area contributed by atoms with E-state index in [-0.39, 0.29) is 73.7 Å². The fourth-order valence-electron chi connectivity index (χ4n) is 15.9. The molecule has 0 bridgehead atoms. The van der Waals surface area contributed by atoms with Gasteiger partial charge in [-0.25, -0.2) is 82.3 Å². The first kappa shape index (κ1) is 95.7. The number of aliphatic hydroxyl groups is 2. The SMILES string of the molecule is CO[C@@H]1[C@H](OP(=O)(O)OC[C@H]2O[C@@H](n3cnc4c(N)ncnc43)[C@H](OC)[C@@H]2O)[C@@H](COP(=O)(O)O[C@H]2[C@@H](OC)[C@H](n3cnc4c(N)ncnc43)O[C@@H]2COP(=O)(O)O[C@H]2[C@@H](OC)[C@H](n3ccc(N)nc3=O)O[C@@H]2COP(=O)(O)O[C@H]2[C@@H](OC)[C@H](n3cnc4c(=O)[nH]c(N)nc43)O[C@@H]2COP(=O)(O)O[C@H]2[C@@H](OC)[C@H](n3cnc4c(N)ncnc43)O[C@@H]2CO)O[C@H]1n1ccc(N)nc1=O. The highest BCUT2D eigenvalue weighted by Crippen LogP contribution is 2.58. The maximum atomic E-state index is 14.9. The summed E-state index contributed by atoms with van der Waals surface area (Å²) in [6, 6.07) is 2.32. The van der Waals surface area contributed by atoms with Crippen LogP contribution in [0.5, 0.6) is 0 Å². The third-order valence-electron chi connectivity index (χ3n) is 21.8. The molecule has 132 heavy (non-hydrogen) atoms. The first-order valence-corrected chi connectivity index (χ1v) is 46.2. The number of imidazole rings is 4. The Morgan fingerprint density at radius 2 is 0.629 bits per heavy atom. The van der Waals surface area contributed by atoms with E-state index in [2.05, 4.69) is 69.8 Å². The second-order valence-electron chi connectivity index (χ2n) is 29.5. The lowest BCUT2D eigenvalue weighted by Crippen LogP contribution is -2.40. The largest absolute Gasteiger partial charge is 0.472 e. The average Bonchev–Trinajstić information content (AvgIpc) is 1.61. The lowest BCUT2D eigenvalue weighted by Gasteiger charge is -2.28. The summed E-state index contributed by atoms with van der Waals surface area (Å²) in [6.45, 7) is -6.56. The van der Waals surface area contributed by atoms with E-state index >= 15 is 0 Å². The summed E-state index contributed by atoms with van der Waals surface area (Å²) in [6.07, 6.45) is -30.0. The van der Waals surface area contributed by atoms with E-state index < -0.39 is 249 Å². The summed E-state index contributed by atoms with van der Waals surface area (Å²) in [7, 11) is -21.8. The Bertz CT molecular complexity index is 6320. The molecule has 16 rings (SSSR count). The standard InChI is InChI=1S/C64H85N26O37P5/c1-106-42-36(92)25(118-56(42)87-20-77-32-48(67)71-17-74-51(32)87)12-112-128(96,97)124-38-26(119-57(44(38)108-3)85-9-7-30(65)81-63(85)94)13-114-131(102,103)126-40-28(121-60(46(40)110-5)89-22-79-34-50(69)73-19-76-53(34)89)15-116-130(100,101)125-39-27(120-58(45(39)109-4)86-10-8-31(66)82-64(86)95)14-115-132(104,105)127-41-29(122-61(47(41)111-6)90-23-80-35-54(90)83-62(70)84-55(35)93)16-113-129(98,99)123-37-24(11-91)117-59(43(37)107-2)88-21-78-33-49(68)72-18-75-52(33)88/h7-10,17-29,36-47,56-61,91-92H,11-16H2,1-6H3,(H,96,97)(H,98,99)(H,100,101)(H,102,103)(H,104,105)(H2,65,81,94)(H2,66,82,95)(H2,67,71,74)(H2,68,72,75)(H2,69,73,76)(H3,70,83,84,93)/t24-,25-,26-,27-,28-,29-,36-,37-,38-,39-,40-,41-,42-,43-,44-,45-,46-,47-,56-,57-,58-,59-,60-,61-/m1/s1. The summed E-state index contributed by atoms with van der Waals surface area (Å²) in [4.78, 5) is 154. The molecule has 6 aliphatic heterocycles. The number of ether oxygens (including phenoxy) is 12. The van der Waals surface area contributed by atoms with E-state index in [1.807, 2.05) is 0 Å². The molecule has 0 radical (unpaired) electrons. The van der Waals surface area contributed by atoms with Crippen molar-refractivity contribution in [2.75, 3.05) is 117 Å². The molecule has 10 aromatic heterocycles. The lowest BCUT2D eigenvalue weighted by atomic mass is 10.1. The summed E-state index contributed by atoms with van der Waals surface area (Å²) in [5.74, 6) is -1.09. The number of nitrogens with zero attached hydrogens (tertiary/aromatic N) is 19. The van der Waals surface area contributed by atoms with Gasteiger partial charge < -0.3 is 126 Å². The van der Waals surface area contributed by atoms with Crippen molar-refractivity contribution in [3.8, 4) is 0 Å². The minimum Gasteiger partial charge on any atom is -0.394 e. The van der Waals surface area contributed by atoms with Gasteiger partial charge in [0.25, 0.3) is 5.56 Å². The van der Waals surface area contributed by atoms with Crippen LogP contribution in [-0.4, -0.2) is 324 Å². The van der Waals surface area contributed by atoms with Gasteiger partial charge in [-0.1, -0.05) is 0 Å². The number of aromatic nitrogens is 20. The number of aliphatic hydroxyl groups excluding tert-OH is 2. The number of H-pyrrole nitrogens is 1. The van der Waals surface area contributed by atoms with E-state index in [1.165, 1.54) is 46.6 Å². The Morgan fingerprint density at radius 3 is 0.939 bits per heavy atom. The topological polar surface area (TPSA) is 850 Å². The number of anilines is 6. The van der Waals surface area contributed by atoms with Gasteiger partial charge in [0.15, 0.2) is 82.9 Å². The zero-order valence-corrected chi connectivity index (χ0v) is 73.5. The molecule has 5 unspecified atom stereocenters. The smallest absolute Gasteiger partial charge is 0.394 e. The number of rotatable bonds is 38. The van der Waals surface area contributed by atoms with Crippen molar-refractivity contribution in [1.82, 2.24) is 97.2 Å². The van der Waals surface area contributed by atoms with Crippen LogP contribution in [0.2, 0.25) is 0 Å². The average molecular weight is 1970 g/mol. The number of nitrogens with one attached hydrogen (secondary N) is 1. The first-order valence-electron chi connectivity index (χ1n) is 38.8. The zero-order chi connectivity index (χ0) is 94.1. The van der Waals surface area contributed by atoms with Gasteiger partial charge in [-0.05, 0) is 12.1 Å². The van der Waals surface area contributed by atoms with Crippen LogP contribution in [0, 0.1) is 0 Å². The van der Waals surface area contributed by atoms with Gasteiger partial charge in [0.05, 0.1) is 65.0 Å². The molecule has 0 saturated carbocycles. The molecule has 16 heterocycles. The molecule has 29 atom stereocenters. The van der Waals surface area contributed by atoms with Crippen LogP contribution in [0.25, 0.3) is 44.7 Å². The minimum absolute atomic E-state index is 0.00653. The first-order chi connectivity index (χ1) is 62.9. The highest BCUT2D eigenvalue weighted by Gasteiger charge is 2.59. The molecule has 0 aromatic carbocycles. The monoisotopic (exact) mass is 1960 g/mol. The Morgan fingerprint density at radius 1 is 0.356 bits per heavy atom. The molecule has 6 fully saturated rings. The Kier molecular flexibility index (Phi) is 27.8. The van der Waals surface area contributed by atoms with Crippen LogP contribution in [-0.2, 0) is 125 Å². The molecule has 0 spiro atoms. The number of phosphoric acid groups is 5. The lowest BCUT2D eigenvalue weighted by molar-refractivity contribution is -0.0675. The van der Waals surface area contributed by atoms with Crippen molar-refractivity contribution in [3.05, 3.63) is 100 Å². The Labute approximate surface area is 736 Å². The second-order valence-corrected chi connectivity index (χ2v) is 36.6. The van der Waals surface area contributed by atoms with E-state index in [4.69, 9.17) is 136 Å². The molecule has 20 N–H and O–H groups in total. The number of nitrogen functional groups attached to an aromatic ring is 6. The highest BCUT2D eigenvalue weighted by molar-refractivity contribution is 7.48. The van der Waals surface area contributed by atoms with Gasteiger partial charge in [0, 0.05) is 55.1 Å². The molecule has 68 heteroatoms. The van der Waals surface area contributed by atoms with Gasteiger partial charge in [-0.2, -0.15) is 15.0 Å². The third kappa shape index (κ3) is 19.2. The molecular weight excluding hydrogens is 1880 g/mol. The fourth-order valence-corrected chi connectivity index (χ4v) is 20.7. The minimum atomic E-state index is -5.87. The molecule has 63 nitrogen and oxygen atoms in total. The van der Waals surface area contributed by atoms with Crippen molar-refractivity contribution in [2.45, 2.75) is 147 Å². The number of fused-ring (bicyclic) bond motifs is 4. The van der Waals surface area contributed by atoms with Gasteiger partial charge in [-0.15, -0.1) is 0 Å². The van der Waals surface area contributed by atoms with Gasteiger partial charge in [0.1, 0.15) is 157 Å². The molecular formula is C64H85N26O37P5. The molecule has 6 saturated heterocycles. The van der Waals surface area contributed by atoms with Gasteiger partial charge in [0.2, 0.25) is 5.95 Å². The zero-order valence-electron chi connectivity index (χ0n) is 69.0. The quantitative estimate of drug-likeness (QED) is 0.0164. The molecule has 0 amide bonds. The number of phosphoric ester groups is 5. The molecule has 718 valence electrons. The van der Waals surface area contributed by atoms with Crippen LogP contribution in [0.4, 0.5) is 35.0 Å². The number of aromatic amines is 1.